The lowest BCUT2D eigenvalue weighted by molar-refractivity contribution is -0.125. The summed E-state index contributed by atoms with van der Waals surface area (Å²) in [5.74, 6) is 0.359. The molecule has 1 aliphatic carbocycles. The van der Waals surface area contributed by atoms with Crippen LogP contribution in [0.3, 0.4) is 0 Å². The summed E-state index contributed by atoms with van der Waals surface area (Å²) in [4.78, 5) is 11.4. The first kappa shape index (κ1) is 14.8. The van der Waals surface area contributed by atoms with Gasteiger partial charge in [-0.05, 0) is 32.6 Å². The van der Waals surface area contributed by atoms with Crippen LogP contribution in [-0.2, 0) is 9.53 Å². The molecule has 4 N–H and O–H groups in total. The molecule has 3 unspecified atom stereocenters. The van der Waals surface area contributed by atoms with Crippen molar-refractivity contribution in [3.8, 4) is 0 Å². The van der Waals surface area contributed by atoms with Crippen molar-refractivity contribution in [2.75, 3.05) is 26.3 Å². The molecular formula is C14H27N3O2. The average molecular weight is 269 g/mol. The van der Waals surface area contributed by atoms with Gasteiger partial charge in [0, 0.05) is 25.2 Å². The van der Waals surface area contributed by atoms with Crippen molar-refractivity contribution in [2.24, 2.45) is 17.1 Å². The lowest BCUT2D eigenvalue weighted by Gasteiger charge is -2.34. The fraction of sp³-hybridized carbons (Fsp3) is 0.929. The van der Waals surface area contributed by atoms with E-state index in [1.165, 1.54) is 19.3 Å². The molecule has 19 heavy (non-hydrogen) atoms. The van der Waals surface area contributed by atoms with Gasteiger partial charge in [0.15, 0.2) is 0 Å². The number of morpholine rings is 1. The zero-order chi connectivity index (χ0) is 13.9. The monoisotopic (exact) mass is 269 g/mol. The SMILES string of the molecule is CC(C)(CNC1CCCC1C1COCCN1)C(N)=O. The second-order valence-corrected chi connectivity index (χ2v) is 6.47. The van der Waals surface area contributed by atoms with Gasteiger partial charge in [0.25, 0.3) is 0 Å². The molecule has 0 aromatic heterocycles. The highest BCUT2D eigenvalue weighted by Gasteiger charge is 2.36. The van der Waals surface area contributed by atoms with E-state index < -0.39 is 5.41 Å². The highest BCUT2D eigenvalue weighted by atomic mass is 16.5. The number of carbonyl (C=O) groups excluding carboxylic acids is 1. The predicted molar refractivity (Wildman–Crippen MR) is 74.7 cm³/mol. The smallest absolute Gasteiger partial charge is 0.224 e. The molecule has 0 aromatic rings. The second-order valence-electron chi connectivity index (χ2n) is 6.47. The maximum absolute atomic E-state index is 11.4. The Hall–Kier alpha value is -0.650. The first-order chi connectivity index (χ1) is 9.00. The molecule has 2 fully saturated rings. The third-order valence-electron chi connectivity index (χ3n) is 4.51. The Kier molecular flexibility index (Phi) is 4.81. The molecule has 5 nitrogen and oxygen atoms in total. The molecule has 1 aliphatic heterocycles. The van der Waals surface area contributed by atoms with Crippen LogP contribution >= 0.6 is 0 Å². The zero-order valence-corrected chi connectivity index (χ0v) is 12.1. The van der Waals surface area contributed by atoms with Crippen LogP contribution in [0.4, 0.5) is 0 Å². The van der Waals surface area contributed by atoms with E-state index in [1.807, 2.05) is 13.8 Å². The van der Waals surface area contributed by atoms with Crippen LogP contribution in [0.25, 0.3) is 0 Å². The number of nitrogens with one attached hydrogen (secondary N) is 2. The number of primary amides is 1. The minimum atomic E-state index is -0.483. The Morgan fingerprint density at radius 2 is 2.26 bits per heavy atom. The average Bonchev–Trinajstić information content (AvgIpc) is 2.85. The Labute approximate surface area is 115 Å². The molecule has 0 spiro atoms. The Morgan fingerprint density at radius 1 is 1.47 bits per heavy atom. The molecule has 110 valence electrons. The molecule has 5 heteroatoms. The molecule has 3 atom stereocenters. The maximum atomic E-state index is 11.4. The van der Waals surface area contributed by atoms with Crippen molar-refractivity contribution in [1.29, 1.82) is 0 Å². The standard InChI is InChI=1S/C14H27N3O2/c1-14(2,13(15)18)9-17-11-5-3-4-10(11)12-8-19-7-6-16-12/h10-12,16-17H,3-9H2,1-2H3,(H2,15,18). The number of nitrogens with two attached hydrogens (primary N) is 1. The van der Waals surface area contributed by atoms with Gasteiger partial charge in [-0.2, -0.15) is 0 Å². The zero-order valence-electron chi connectivity index (χ0n) is 12.1. The Balaban J connectivity index is 1.86. The summed E-state index contributed by atoms with van der Waals surface area (Å²) in [5.41, 5.74) is 4.94. The lowest BCUT2D eigenvalue weighted by atomic mass is 9.90. The summed E-state index contributed by atoms with van der Waals surface area (Å²) in [5, 5.41) is 7.11. The highest BCUT2D eigenvalue weighted by Crippen LogP contribution is 2.30. The van der Waals surface area contributed by atoms with E-state index in [-0.39, 0.29) is 5.91 Å². The molecule has 0 bridgehead atoms. The fourth-order valence-corrected chi connectivity index (χ4v) is 3.06. The third-order valence-corrected chi connectivity index (χ3v) is 4.51. The van der Waals surface area contributed by atoms with E-state index in [9.17, 15) is 4.79 Å². The molecular weight excluding hydrogens is 242 g/mol. The number of hydrogen-bond acceptors (Lipinski definition) is 4. The van der Waals surface area contributed by atoms with E-state index in [0.29, 0.717) is 24.5 Å². The number of carbonyl (C=O) groups is 1. The highest BCUT2D eigenvalue weighted by molar-refractivity contribution is 5.80. The van der Waals surface area contributed by atoms with Gasteiger partial charge in [0.05, 0.1) is 18.6 Å². The third kappa shape index (κ3) is 3.68. The van der Waals surface area contributed by atoms with Crippen LogP contribution < -0.4 is 16.4 Å². The minimum Gasteiger partial charge on any atom is -0.379 e. The van der Waals surface area contributed by atoms with Crippen molar-refractivity contribution in [3.05, 3.63) is 0 Å². The lowest BCUT2D eigenvalue weighted by Crippen LogP contribution is -2.52. The quantitative estimate of drug-likeness (QED) is 0.668. The molecule has 1 saturated heterocycles. The molecule has 1 heterocycles. The van der Waals surface area contributed by atoms with E-state index in [2.05, 4.69) is 10.6 Å². The molecule has 1 amide bonds. The summed E-state index contributed by atoms with van der Waals surface area (Å²) in [7, 11) is 0. The van der Waals surface area contributed by atoms with Crippen molar-refractivity contribution in [3.63, 3.8) is 0 Å². The fourth-order valence-electron chi connectivity index (χ4n) is 3.06. The molecule has 0 radical (unpaired) electrons. The van der Waals surface area contributed by atoms with Crippen LogP contribution in [0.5, 0.6) is 0 Å². The van der Waals surface area contributed by atoms with Crippen LogP contribution in [0.2, 0.25) is 0 Å². The Morgan fingerprint density at radius 3 is 2.89 bits per heavy atom. The second kappa shape index (κ2) is 6.20. The topological polar surface area (TPSA) is 76.4 Å². The van der Waals surface area contributed by atoms with Crippen molar-refractivity contribution in [2.45, 2.75) is 45.2 Å². The van der Waals surface area contributed by atoms with Crippen LogP contribution in [0.15, 0.2) is 0 Å². The number of ether oxygens (including phenoxy) is 1. The van der Waals surface area contributed by atoms with Gasteiger partial charge in [0.2, 0.25) is 5.91 Å². The summed E-state index contributed by atoms with van der Waals surface area (Å²) in [6, 6.07) is 0.920. The summed E-state index contributed by atoms with van der Waals surface area (Å²) < 4.78 is 5.56. The largest absolute Gasteiger partial charge is 0.379 e. The van der Waals surface area contributed by atoms with Crippen LogP contribution in [0, 0.1) is 11.3 Å². The predicted octanol–water partition coefficient (Wildman–Crippen LogP) is 0.245. The Bertz CT molecular complexity index is 314. The number of hydrogen-bond donors (Lipinski definition) is 3. The number of rotatable bonds is 5. The van der Waals surface area contributed by atoms with Crippen LogP contribution in [-0.4, -0.2) is 44.3 Å². The van der Waals surface area contributed by atoms with E-state index >= 15 is 0 Å². The van der Waals surface area contributed by atoms with Crippen LogP contribution in [0.1, 0.15) is 33.1 Å². The van der Waals surface area contributed by atoms with Crippen molar-refractivity contribution >= 4 is 5.91 Å². The minimum absolute atomic E-state index is 0.242. The van der Waals surface area contributed by atoms with Gasteiger partial charge in [0.1, 0.15) is 0 Å². The van der Waals surface area contributed by atoms with Gasteiger partial charge < -0.3 is 21.1 Å². The molecule has 2 rings (SSSR count). The van der Waals surface area contributed by atoms with Gasteiger partial charge >= 0.3 is 0 Å². The normalized spacial score (nSPS) is 32.4. The van der Waals surface area contributed by atoms with E-state index in [1.54, 1.807) is 0 Å². The van der Waals surface area contributed by atoms with Crippen molar-refractivity contribution in [1.82, 2.24) is 10.6 Å². The summed E-state index contributed by atoms with van der Waals surface area (Å²) in [6.45, 7) is 7.01. The van der Waals surface area contributed by atoms with Gasteiger partial charge in [-0.1, -0.05) is 6.42 Å². The van der Waals surface area contributed by atoms with E-state index in [0.717, 1.165) is 19.8 Å². The summed E-state index contributed by atoms with van der Waals surface area (Å²) in [6.07, 6.45) is 3.66. The van der Waals surface area contributed by atoms with Crippen molar-refractivity contribution < 1.29 is 9.53 Å². The number of amides is 1. The summed E-state index contributed by atoms with van der Waals surface area (Å²) >= 11 is 0. The van der Waals surface area contributed by atoms with Gasteiger partial charge in [-0.15, -0.1) is 0 Å². The molecule has 0 aromatic carbocycles. The van der Waals surface area contributed by atoms with Gasteiger partial charge in [-0.25, -0.2) is 0 Å². The van der Waals surface area contributed by atoms with E-state index in [4.69, 9.17) is 10.5 Å². The molecule has 1 saturated carbocycles. The van der Waals surface area contributed by atoms with Gasteiger partial charge in [-0.3, -0.25) is 4.79 Å². The first-order valence-corrected chi connectivity index (χ1v) is 7.35. The maximum Gasteiger partial charge on any atom is 0.224 e. The first-order valence-electron chi connectivity index (χ1n) is 7.35. The molecule has 2 aliphatic rings.